The Labute approximate surface area is 91.4 Å². The van der Waals surface area contributed by atoms with Crippen molar-refractivity contribution in [2.45, 2.75) is 0 Å². The van der Waals surface area contributed by atoms with Gasteiger partial charge in [0.15, 0.2) is 4.32 Å². The van der Waals surface area contributed by atoms with E-state index in [4.69, 9.17) is 12.2 Å². The minimum Gasteiger partial charge on any atom is -0.290 e. The third-order valence-corrected chi connectivity index (χ3v) is 3.12. The quantitative estimate of drug-likeness (QED) is 0.777. The maximum Gasteiger partial charge on any atom is 0.257 e. The number of benzene rings is 1. The number of nitrogens with one attached hydrogen (secondary N) is 1. The lowest BCUT2D eigenvalue weighted by atomic mass is 10.3. The van der Waals surface area contributed by atoms with Gasteiger partial charge in [-0.25, -0.2) is 5.01 Å². The van der Waals surface area contributed by atoms with Crippen molar-refractivity contribution >= 4 is 39.9 Å². The van der Waals surface area contributed by atoms with E-state index in [1.165, 1.54) is 16.8 Å². The van der Waals surface area contributed by atoms with Crippen molar-refractivity contribution in [3.63, 3.8) is 0 Å². The molecule has 0 spiro atoms. The van der Waals surface area contributed by atoms with Crippen molar-refractivity contribution < 1.29 is 4.79 Å². The van der Waals surface area contributed by atoms with Crippen LogP contribution in [0.3, 0.4) is 0 Å². The summed E-state index contributed by atoms with van der Waals surface area (Å²) in [6.07, 6.45) is 0. The Morgan fingerprint density at radius 2 is 2.07 bits per heavy atom. The van der Waals surface area contributed by atoms with E-state index in [-0.39, 0.29) is 5.91 Å². The molecule has 0 aromatic heterocycles. The third kappa shape index (κ3) is 1.88. The van der Waals surface area contributed by atoms with Crippen LogP contribution in [0.4, 0.5) is 5.69 Å². The Kier molecular flexibility index (Phi) is 2.69. The first-order valence-corrected chi connectivity index (χ1v) is 5.48. The SMILES string of the molecule is O=C1CSC(=S)N1Nc1ccccc1. The number of hydrazine groups is 1. The van der Waals surface area contributed by atoms with Gasteiger partial charge in [0.1, 0.15) is 0 Å². The first-order chi connectivity index (χ1) is 6.77. The molecule has 0 atom stereocenters. The Hall–Kier alpha value is -1.07. The predicted octanol–water partition coefficient (Wildman–Crippen LogP) is 1.87. The molecular formula is C9H8N2OS2. The van der Waals surface area contributed by atoms with Gasteiger partial charge in [0.05, 0.1) is 11.4 Å². The second kappa shape index (κ2) is 3.98. The van der Waals surface area contributed by atoms with Crippen LogP contribution < -0.4 is 5.43 Å². The number of carbonyl (C=O) groups excluding carboxylic acids is 1. The van der Waals surface area contributed by atoms with Crippen LogP contribution in [0.15, 0.2) is 30.3 Å². The molecule has 2 rings (SSSR count). The molecule has 1 saturated heterocycles. The molecule has 14 heavy (non-hydrogen) atoms. The molecule has 1 aromatic carbocycles. The zero-order chi connectivity index (χ0) is 9.97. The van der Waals surface area contributed by atoms with Crippen molar-refractivity contribution in [1.29, 1.82) is 0 Å². The average Bonchev–Trinajstić information content (AvgIpc) is 2.51. The molecule has 1 aromatic rings. The van der Waals surface area contributed by atoms with E-state index < -0.39 is 0 Å². The summed E-state index contributed by atoms with van der Waals surface area (Å²) in [5.74, 6) is 0.433. The predicted molar refractivity (Wildman–Crippen MR) is 62.0 cm³/mol. The van der Waals surface area contributed by atoms with Gasteiger partial charge >= 0.3 is 0 Å². The van der Waals surface area contributed by atoms with Crippen LogP contribution in [0.1, 0.15) is 0 Å². The Morgan fingerprint density at radius 3 is 2.64 bits per heavy atom. The monoisotopic (exact) mass is 224 g/mol. The smallest absolute Gasteiger partial charge is 0.257 e. The molecule has 1 heterocycles. The summed E-state index contributed by atoms with van der Waals surface area (Å²) in [7, 11) is 0. The summed E-state index contributed by atoms with van der Waals surface area (Å²) in [5.41, 5.74) is 3.83. The fourth-order valence-corrected chi connectivity index (χ4v) is 2.08. The molecule has 0 bridgehead atoms. The maximum absolute atomic E-state index is 11.3. The molecule has 0 unspecified atom stereocenters. The lowest BCUT2D eigenvalue weighted by Gasteiger charge is -2.16. The first kappa shape index (κ1) is 9.48. The molecule has 1 fully saturated rings. The average molecular weight is 224 g/mol. The van der Waals surface area contributed by atoms with E-state index in [0.717, 1.165) is 5.69 Å². The van der Waals surface area contributed by atoms with E-state index in [1.807, 2.05) is 30.3 Å². The highest BCUT2D eigenvalue weighted by molar-refractivity contribution is 8.23. The summed E-state index contributed by atoms with van der Waals surface area (Å²) < 4.78 is 0.582. The number of nitrogens with zero attached hydrogens (tertiary/aromatic N) is 1. The van der Waals surface area contributed by atoms with E-state index in [1.54, 1.807) is 0 Å². The highest BCUT2D eigenvalue weighted by Crippen LogP contribution is 2.20. The Balaban J connectivity index is 2.11. The number of hydrogen-bond acceptors (Lipinski definition) is 4. The summed E-state index contributed by atoms with van der Waals surface area (Å²) >= 11 is 6.40. The van der Waals surface area contributed by atoms with Gasteiger partial charge in [0.25, 0.3) is 5.91 Å². The fourth-order valence-electron chi connectivity index (χ4n) is 1.10. The molecule has 5 heteroatoms. The van der Waals surface area contributed by atoms with Gasteiger partial charge in [0, 0.05) is 0 Å². The van der Waals surface area contributed by atoms with Crippen LogP contribution in [0.5, 0.6) is 0 Å². The molecular weight excluding hydrogens is 216 g/mol. The fraction of sp³-hybridized carbons (Fsp3) is 0.111. The topological polar surface area (TPSA) is 32.3 Å². The molecule has 0 aliphatic carbocycles. The number of rotatable bonds is 2. The van der Waals surface area contributed by atoms with Crippen LogP contribution >= 0.6 is 24.0 Å². The summed E-state index contributed by atoms with van der Waals surface area (Å²) in [6, 6.07) is 9.50. The maximum atomic E-state index is 11.3. The van der Waals surface area contributed by atoms with Crippen molar-refractivity contribution in [2.24, 2.45) is 0 Å². The highest BCUT2D eigenvalue weighted by Gasteiger charge is 2.26. The summed E-state index contributed by atoms with van der Waals surface area (Å²) in [4.78, 5) is 11.3. The third-order valence-electron chi connectivity index (χ3n) is 1.77. The number of thiocarbonyl (C=S) groups is 1. The van der Waals surface area contributed by atoms with Crippen LogP contribution in [0.2, 0.25) is 0 Å². The van der Waals surface area contributed by atoms with Crippen LogP contribution in [0, 0.1) is 0 Å². The minimum absolute atomic E-state index is 0.00357. The number of para-hydroxylation sites is 1. The lowest BCUT2D eigenvalue weighted by Crippen LogP contribution is -2.34. The van der Waals surface area contributed by atoms with Crippen molar-refractivity contribution in [1.82, 2.24) is 5.01 Å². The number of hydrogen-bond donors (Lipinski definition) is 1. The standard InChI is InChI=1S/C9H8N2OS2/c12-8-6-14-9(13)11(8)10-7-4-2-1-3-5-7/h1-5,10H,6H2. The van der Waals surface area contributed by atoms with E-state index in [0.29, 0.717) is 10.1 Å². The zero-order valence-electron chi connectivity index (χ0n) is 7.27. The zero-order valence-corrected chi connectivity index (χ0v) is 8.90. The van der Waals surface area contributed by atoms with Crippen molar-refractivity contribution in [3.05, 3.63) is 30.3 Å². The van der Waals surface area contributed by atoms with Crippen molar-refractivity contribution in [2.75, 3.05) is 11.2 Å². The largest absolute Gasteiger partial charge is 0.290 e. The number of amides is 1. The van der Waals surface area contributed by atoms with Crippen LogP contribution in [0.25, 0.3) is 0 Å². The van der Waals surface area contributed by atoms with Gasteiger partial charge in [-0.2, -0.15) is 0 Å². The van der Waals surface area contributed by atoms with Gasteiger partial charge < -0.3 is 0 Å². The Morgan fingerprint density at radius 1 is 1.36 bits per heavy atom. The normalized spacial score (nSPS) is 16.1. The van der Waals surface area contributed by atoms with Crippen LogP contribution in [-0.4, -0.2) is 21.0 Å². The molecule has 1 aliphatic rings. The van der Waals surface area contributed by atoms with Gasteiger partial charge in [-0.1, -0.05) is 42.2 Å². The number of carbonyl (C=O) groups is 1. The van der Waals surface area contributed by atoms with Gasteiger partial charge in [-0.05, 0) is 12.1 Å². The highest BCUT2D eigenvalue weighted by atomic mass is 32.2. The number of thioether (sulfide) groups is 1. The van der Waals surface area contributed by atoms with Gasteiger partial charge in [-0.3, -0.25) is 10.2 Å². The van der Waals surface area contributed by atoms with Crippen LogP contribution in [-0.2, 0) is 4.79 Å². The minimum atomic E-state index is 0.00357. The second-order valence-electron chi connectivity index (χ2n) is 2.76. The Bertz CT molecular complexity index is 350. The molecule has 1 aliphatic heterocycles. The number of anilines is 1. The lowest BCUT2D eigenvalue weighted by molar-refractivity contribution is -0.123. The first-order valence-electron chi connectivity index (χ1n) is 4.09. The molecule has 0 radical (unpaired) electrons. The molecule has 72 valence electrons. The second-order valence-corrected chi connectivity index (χ2v) is 4.37. The summed E-state index contributed by atoms with van der Waals surface area (Å²) in [5, 5.41) is 1.41. The van der Waals surface area contributed by atoms with Gasteiger partial charge in [-0.15, -0.1) is 0 Å². The molecule has 1 N–H and O–H groups in total. The molecule has 0 saturated carbocycles. The van der Waals surface area contributed by atoms with Gasteiger partial charge in [0.2, 0.25) is 0 Å². The molecule has 1 amide bonds. The van der Waals surface area contributed by atoms with E-state index >= 15 is 0 Å². The summed E-state index contributed by atoms with van der Waals surface area (Å²) in [6.45, 7) is 0. The molecule has 3 nitrogen and oxygen atoms in total. The van der Waals surface area contributed by atoms with Crippen molar-refractivity contribution in [3.8, 4) is 0 Å². The van der Waals surface area contributed by atoms with E-state index in [9.17, 15) is 4.79 Å². The van der Waals surface area contributed by atoms with E-state index in [2.05, 4.69) is 5.43 Å².